The number of nitrogens with one attached hydrogen (secondary N) is 2. The molecule has 0 fully saturated rings. The van der Waals surface area contributed by atoms with Crippen molar-refractivity contribution in [3.63, 3.8) is 0 Å². The van der Waals surface area contributed by atoms with Crippen LogP contribution in [-0.2, 0) is 33.9 Å². The van der Waals surface area contributed by atoms with E-state index in [0.717, 1.165) is 16.9 Å². The number of carbonyl (C=O) groups excluding carboxylic acids is 3. The molecule has 8 heteroatoms. The van der Waals surface area contributed by atoms with Crippen molar-refractivity contribution in [3.8, 4) is 0 Å². The number of carboxylic acids is 1. The third-order valence-corrected chi connectivity index (χ3v) is 5.34. The maximum Gasteiger partial charge on any atom is 0.314 e. The average Bonchev–Trinajstić information content (AvgIpc) is 2.96. The Morgan fingerprint density at radius 1 is 1.19 bits per heavy atom. The topological polar surface area (TPSA) is 108 Å². The molecule has 0 bridgehead atoms. The second-order valence-electron chi connectivity index (χ2n) is 6.84. The number of thiophene rings is 1. The lowest BCUT2D eigenvalue weighted by atomic mass is 9.93. The van der Waals surface area contributed by atoms with Crippen LogP contribution in [0.15, 0.2) is 30.3 Å². The van der Waals surface area contributed by atoms with Crippen LogP contribution in [0.25, 0.3) is 0 Å². The van der Waals surface area contributed by atoms with Gasteiger partial charge in [0.25, 0.3) is 0 Å². The molecule has 3 rings (SSSR count). The lowest BCUT2D eigenvalue weighted by Gasteiger charge is -2.30. The van der Waals surface area contributed by atoms with Crippen molar-refractivity contribution in [2.75, 3.05) is 5.32 Å². The Morgan fingerprint density at radius 3 is 2.56 bits per heavy atom. The highest BCUT2D eigenvalue weighted by molar-refractivity contribution is 7.17. The largest absolute Gasteiger partial charge is 0.545 e. The van der Waals surface area contributed by atoms with Crippen LogP contribution in [0.2, 0.25) is 0 Å². The van der Waals surface area contributed by atoms with Crippen LogP contribution < -0.4 is 15.7 Å². The van der Waals surface area contributed by atoms with Crippen LogP contribution in [-0.4, -0.2) is 23.4 Å². The van der Waals surface area contributed by atoms with E-state index in [0.29, 0.717) is 16.9 Å². The van der Waals surface area contributed by atoms with Crippen LogP contribution in [0.3, 0.4) is 0 Å². The van der Waals surface area contributed by atoms with Gasteiger partial charge in [-0.1, -0.05) is 30.3 Å². The minimum absolute atomic E-state index is 0.0735. The average molecular weight is 387 g/mol. The number of fused-ring (bicyclic) bond motifs is 1. The zero-order valence-corrected chi connectivity index (χ0v) is 15.8. The van der Waals surface area contributed by atoms with Crippen molar-refractivity contribution in [2.45, 2.75) is 39.0 Å². The molecule has 2 N–H and O–H groups in total. The van der Waals surface area contributed by atoms with Crippen molar-refractivity contribution < 1.29 is 24.2 Å². The maximum absolute atomic E-state index is 12.2. The van der Waals surface area contributed by atoms with Crippen molar-refractivity contribution in [1.82, 2.24) is 5.32 Å². The van der Waals surface area contributed by atoms with E-state index in [2.05, 4.69) is 10.6 Å². The molecule has 27 heavy (non-hydrogen) atoms. The molecule has 1 aromatic heterocycles. The van der Waals surface area contributed by atoms with E-state index < -0.39 is 23.4 Å². The third-order valence-electron chi connectivity index (χ3n) is 4.22. The zero-order valence-electron chi connectivity index (χ0n) is 15.0. The van der Waals surface area contributed by atoms with Crippen molar-refractivity contribution in [3.05, 3.63) is 51.9 Å². The lowest BCUT2D eigenvalue weighted by molar-refractivity contribution is -0.255. The molecule has 0 saturated heterocycles. The Morgan fingerprint density at radius 2 is 1.89 bits per heavy atom. The predicted octanol–water partition coefficient (Wildman–Crippen LogP) is 1.22. The molecular formula is C19H19N2O5S-. The molecule has 1 aliphatic rings. The fraction of sp³-hybridized carbons (Fsp3) is 0.316. The summed E-state index contributed by atoms with van der Waals surface area (Å²) in [6, 6.07) is 9.15. The highest BCUT2D eigenvalue weighted by Gasteiger charge is 2.32. The van der Waals surface area contributed by atoms with E-state index in [1.54, 1.807) is 0 Å². The number of amides is 2. The van der Waals surface area contributed by atoms with E-state index >= 15 is 0 Å². The first-order chi connectivity index (χ1) is 12.8. The first-order valence-electron chi connectivity index (χ1n) is 8.40. The SMILES string of the molecule is CC1(C)Cc2c(sc(NC(=O)C(=O)NCc3ccccc3)c2C(=O)[O-])CO1. The number of anilines is 1. The number of hydrogen-bond donors (Lipinski definition) is 2. The molecule has 2 amide bonds. The van der Waals surface area contributed by atoms with Gasteiger partial charge in [0.1, 0.15) is 5.00 Å². The summed E-state index contributed by atoms with van der Waals surface area (Å²) in [5.74, 6) is -3.15. The van der Waals surface area contributed by atoms with E-state index in [1.165, 1.54) is 0 Å². The molecule has 0 spiro atoms. The van der Waals surface area contributed by atoms with Gasteiger partial charge in [-0.15, -0.1) is 11.3 Å². The number of benzene rings is 1. The minimum atomic E-state index is -1.38. The van der Waals surface area contributed by atoms with Crippen LogP contribution in [0, 0.1) is 0 Å². The van der Waals surface area contributed by atoms with Crippen molar-refractivity contribution >= 4 is 34.1 Å². The van der Waals surface area contributed by atoms with E-state index in [1.807, 2.05) is 44.2 Å². The smallest absolute Gasteiger partial charge is 0.314 e. The number of ether oxygens (including phenoxy) is 1. The van der Waals surface area contributed by atoms with Gasteiger partial charge >= 0.3 is 11.8 Å². The fourth-order valence-corrected chi connectivity index (χ4v) is 3.99. The summed E-state index contributed by atoms with van der Waals surface area (Å²) >= 11 is 1.09. The molecule has 0 atom stereocenters. The van der Waals surface area contributed by atoms with Crippen LogP contribution in [0.4, 0.5) is 5.00 Å². The first-order valence-corrected chi connectivity index (χ1v) is 9.21. The van der Waals surface area contributed by atoms with Crippen LogP contribution in [0.5, 0.6) is 0 Å². The summed E-state index contributed by atoms with van der Waals surface area (Å²) in [6.07, 6.45) is 0.387. The number of carbonyl (C=O) groups is 3. The summed E-state index contributed by atoms with van der Waals surface area (Å²) in [5.41, 5.74) is 0.860. The molecule has 2 aromatic rings. The minimum Gasteiger partial charge on any atom is -0.545 e. The molecule has 0 aliphatic carbocycles. The Labute approximate surface area is 160 Å². The summed E-state index contributed by atoms with van der Waals surface area (Å²) in [7, 11) is 0. The first kappa shape index (κ1) is 19.1. The van der Waals surface area contributed by atoms with Gasteiger partial charge in [-0.05, 0) is 25.0 Å². The molecule has 7 nitrogen and oxygen atoms in total. The summed E-state index contributed by atoms with van der Waals surface area (Å²) in [4.78, 5) is 36.6. The highest BCUT2D eigenvalue weighted by atomic mass is 32.1. The third kappa shape index (κ3) is 4.35. The molecule has 1 aliphatic heterocycles. The highest BCUT2D eigenvalue weighted by Crippen LogP contribution is 2.40. The normalized spacial score (nSPS) is 14.9. The van der Waals surface area contributed by atoms with Crippen molar-refractivity contribution in [2.24, 2.45) is 0 Å². The van der Waals surface area contributed by atoms with Gasteiger partial charge < -0.3 is 25.3 Å². The van der Waals surface area contributed by atoms with Gasteiger partial charge in [0.2, 0.25) is 0 Å². The molecule has 0 radical (unpaired) electrons. The summed E-state index contributed by atoms with van der Waals surface area (Å²) < 4.78 is 5.68. The number of carboxylic acid groups (broad SMARTS) is 1. The Kier molecular flexibility index (Phi) is 5.29. The van der Waals surface area contributed by atoms with Gasteiger partial charge in [-0.2, -0.15) is 0 Å². The van der Waals surface area contributed by atoms with Crippen LogP contribution in [0.1, 0.15) is 40.2 Å². The maximum atomic E-state index is 12.2. The van der Waals surface area contributed by atoms with Gasteiger partial charge in [-0.25, -0.2) is 0 Å². The van der Waals surface area contributed by atoms with E-state index in [4.69, 9.17) is 4.74 Å². The Balaban J connectivity index is 1.73. The monoisotopic (exact) mass is 387 g/mol. The second kappa shape index (κ2) is 7.50. The quantitative estimate of drug-likeness (QED) is 0.767. The van der Waals surface area contributed by atoms with Gasteiger partial charge in [0, 0.05) is 23.4 Å². The Bertz CT molecular complexity index is 889. The number of rotatable bonds is 4. The van der Waals surface area contributed by atoms with Crippen LogP contribution >= 0.6 is 11.3 Å². The molecule has 142 valence electrons. The fourth-order valence-electron chi connectivity index (χ4n) is 2.88. The van der Waals surface area contributed by atoms with Gasteiger partial charge in [0.05, 0.1) is 18.2 Å². The van der Waals surface area contributed by atoms with E-state index in [-0.39, 0.29) is 23.7 Å². The Hall–Kier alpha value is -2.71. The lowest BCUT2D eigenvalue weighted by Crippen LogP contribution is -2.36. The standard InChI is InChI=1S/C19H20N2O5S/c1-19(2)8-12-13(10-26-19)27-17(14(12)18(24)25)21-16(23)15(22)20-9-11-6-4-3-5-7-11/h3-7H,8-10H2,1-2H3,(H,20,22)(H,21,23)(H,24,25)/p-1. The van der Waals surface area contributed by atoms with E-state index in [9.17, 15) is 19.5 Å². The zero-order chi connectivity index (χ0) is 19.6. The van der Waals surface area contributed by atoms with Gasteiger partial charge in [-0.3, -0.25) is 9.59 Å². The predicted molar refractivity (Wildman–Crippen MR) is 98.1 cm³/mol. The molecule has 1 aromatic carbocycles. The molecule has 0 unspecified atom stereocenters. The summed E-state index contributed by atoms with van der Waals surface area (Å²) in [5, 5.41) is 16.6. The second-order valence-corrected chi connectivity index (χ2v) is 7.95. The van der Waals surface area contributed by atoms with Crippen molar-refractivity contribution in [1.29, 1.82) is 0 Å². The number of hydrogen-bond acceptors (Lipinski definition) is 6. The molecule has 2 heterocycles. The molecule has 0 saturated carbocycles. The van der Waals surface area contributed by atoms with Gasteiger partial charge in [0.15, 0.2) is 0 Å². The number of aromatic carboxylic acids is 1. The summed E-state index contributed by atoms with van der Waals surface area (Å²) in [6.45, 7) is 4.18. The molecular weight excluding hydrogens is 368 g/mol.